The Morgan fingerprint density at radius 1 is 1.40 bits per heavy atom. The molecule has 78 valence electrons. The smallest absolute Gasteiger partial charge is 0.101 e. The monoisotopic (exact) mass is 220 g/mol. The maximum atomic E-state index is 9.90. The summed E-state index contributed by atoms with van der Waals surface area (Å²) in [5, 5.41) is 9.90. The van der Waals surface area contributed by atoms with Crippen LogP contribution in [0.2, 0.25) is 0 Å². The van der Waals surface area contributed by atoms with Crippen molar-refractivity contribution in [3.05, 3.63) is 46.2 Å². The lowest BCUT2D eigenvalue weighted by Gasteiger charge is -2.08. The van der Waals surface area contributed by atoms with E-state index in [1.54, 1.807) is 29.2 Å². The van der Waals surface area contributed by atoms with Crippen molar-refractivity contribution in [2.75, 3.05) is 0 Å². The normalized spacial score (nSPS) is 12.7. The van der Waals surface area contributed by atoms with Gasteiger partial charge in [-0.1, -0.05) is 6.07 Å². The molecule has 1 atom stereocenters. The van der Waals surface area contributed by atoms with Gasteiger partial charge >= 0.3 is 0 Å². The third kappa shape index (κ3) is 2.61. The van der Waals surface area contributed by atoms with Crippen molar-refractivity contribution < 1.29 is 5.11 Å². The van der Waals surface area contributed by atoms with E-state index < -0.39 is 6.10 Å². The highest BCUT2D eigenvalue weighted by molar-refractivity contribution is 7.09. The Balaban J connectivity index is 2.08. The van der Waals surface area contributed by atoms with E-state index in [4.69, 9.17) is 0 Å². The molecule has 0 saturated carbocycles. The van der Waals surface area contributed by atoms with Crippen LogP contribution >= 0.6 is 11.3 Å². The topological polar surface area (TPSA) is 46.0 Å². The van der Waals surface area contributed by atoms with Crippen LogP contribution < -0.4 is 0 Å². The second kappa shape index (κ2) is 4.51. The summed E-state index contributed by atoms with van der Waals surface area (Å²) >= 11 is 1.55. The first-order valence-electron chi connectivity index (χ1n) is 4.73. The first-order valence-corrected chi connectivity index (χ1v) is 5.61. The predicted molar refractivity (Wildman–Crippen MR) is 59.8 cm³/mol. The van der Waals surface area contributed by atoms with E-state index in [0.29, 0.717) is 12.1 Å². The number of hydrogen-bond acceptors (Lipinski definition) is 4. The fraction of sp³-hybridized carbons (Fsp3) is 0.273. The van der Waals surface area contributed by atoms with Crippen molar-refractivity contribution in [1.82, 2.24) is 9.97 Å². The van der Waals surface area contributed by atoms with E-state index in [1.807, 2.05) is 19.1 Å². The van der Waals surface area contributed by atoms with Gasteiger partial charge in [-0.05, 0) is 18.6 Å². The molecule has 0 aromatic carbocycles. The summed E-state index contributed by atoms with van der Waals surface area (Å²) in [5.74, 6) is 0. The maximum absolute atomic E-state index is 9.90. The molecule has 0 aliphatic rings. The highest BCUT2D eigenvalue weighted by Crippen LogP contribution is 2.18. The molecule has 2 rings (SSSR count). The maximum Gasteiger partial charge on any atom is 0.101 e. The summed E-state index contributed by atoms with van der Waals surface area (Å²) in [5.41, 5.74) is 3.59. The molecule has 0 amide bonds. The van der Waals surface area contributed by atoms with E-state index in [0.717, 1.165) is 10.4 Å². The van der Waals surface area contributed by atoms with Gasteiger partial charge in [0.25, 0.3) is 0 Å². The molecule has 0 fully saturated rings. The molecule has 0 spiro atoms. The Morgan fingerprint density at radius 2 is 2.27 bits per heavy atom. The predicted octanol–water partition coefficient (Wildman–Crippen LogP) is 2.12. The van der Waals surface area contributed by atoms with Gasteiger partial charge in [0.15, 0.2) is 0 Å². The largest absolute Gasteiger partial charge is 0.386 e. The van der Waals surface area contributed by atoms with Gasteiger partial charge in [-0.15, -0.1) is 11.3 Å². The summed E-state index contributed by atoms with van der Waals surface area (Å²) in [7, 11) is 0. The lowest BCUT2D eigenvalue weighted by molar-refractivity contribution is 0.174. The lowest BCUT2D eigenvalue weighted by Crippen LogP contribution is -2.02. The molecule has 2 heterocycles. The molecule has 0 aliphatic heterocycles. The summed E-state index contributed by atoms with van der Waals surface area (Å²) < 4.78 is 0. The minimum Gasteiger partial charge on any atom is -0.386 e. The minimum atomic E-state index is -0.536. The van der Waals surface area contributed by atoms with Gasteiger partial charge in [-0.25, -0.2) is 0 Å². The molecule has 1 unspecified atom stereocenters. The number of hydrogen-bond donors (Lipinski definition) is 1. The van der Waals surface area contributed by atoms with Crippen LogP contribution in [0, 0.1) is 6.92 Å². The molecule has 1 N–H and O–H groups in total. The van der Waals surface area contributed by atoms with Crippen LogP contribution in [0.15, 0.2) is 30.0 Å². The Hall–Kier alpha value is -1.26. The van der Waals surface area contributed by atoms with Crippen LogP contribution in [0.5, 0.6) is 0 Å². The quantitative estimate of drug-likeness (QED) is 0.861. The van der Waals surface area contributed by atoms with Crippen molar-refractivity contribution in [1.29, 1.82) is 0 Å². The summed E-state index contributed by atoms with van der Waals surface area (Å²) in [6.45, 7) is 1.98. The number of nitrogens with zero attached hydrogens (tertiary/aromatic N) is 2. The van der Waals surface area contributed by atoms with Crippen molar-refractivity contribution in [2.45, 2.75) is 19.4 Å². The van der Waals surface area contributed by atoms with Gasteiger partial charge in [0.1, 0.15) is 6.10 Å². The Bertz CT molecular complexity index is 411. The number of pyridine rings is 1. The van der Waals surface area contributed by atoms with Gasteiger partial charge < -0.3 is 5.11 Å². The zero-order chi connectivity index (χ0) is 10.7. The van der Waals surface area contributed by atoms with E-state index in [2.05, 4.69) is 9.97 Å². The van der Waals surface area contributed by atoms with E-state index in [1.165, 1.54) is 0 Å². The van der Waals surface area contributed by atoms with E-state index in [-0.39, 0.29) is 0 Å². The fourth-order valence-corrected chi connectivity index (χ4v) is 1.95. The number of rotatable bonds is 3. The summed E-state index contributed by atoms with van der Waals surface area (Å²) in [6.07, 6.45) is 3.60. The molecule has 0 saturated heterocycles. The number of aliphatic hydroxyl groups excluding tert-OH is 1. The van der Waals surface area contributed by atoms with Crippen LogP contribution in [0.3, 0.4) is 0 Å². The molecule has 15 heavy (non-hydrogen) atoms. The van der Waals surface area contributed by atoms with Crippen molar-refractivity contribution in [3.63, 3.8) is 0 Å². The van der Waals surface area contributed by atoms with Gasteiger partial charge in [0.2, 0.25) is 0 Å². The first-order chi connectivity index (χ1) is 7.25. The average molecular weight is 220 g/mol. The third-order valence-electron chi connectivity index (χ3n) is 2.15. The molecule has 4 heteroatoms. The van der Waals surface area contributed by atoms with Gasteiger partial charge in [0, 0.05) is 23.7 Å². The van der Waals surface area contributed by atoms with Crippen LogP contribution in [-0.2, 0) is 6.42 Å². The van der Waals surface area contributed by atoms with Crippen LogP contribution in [0.25, 0.3) is 0 Å². The standard InChI is InChI=1S/C11H12N2OS/c1-8-2-3-10(13-5-8)11(14)4-9-6-12-7-15-9/h2-3,5-7,11,14H,4H2,1H3. The van der Waals surface area contributed by atoms with Crippen molar-refractivity contribution in [3.8, 4) is 0 Å². The third-order valence-corrected chi connectivity index (χ3v) is 2.96. The van der Waals surface area contributed by atoms with E-state index >= 15 is 0 Å². The van der Waals surface area contributed by atoms with Crippen LogP contribution in [0.4, 0.5) is 0 Å². The molecule has 0 bridgehead atoms. The Kier molecular flexibility index (Phi) is 3.08. The van der Waals surface area contributed by atoms with Gasteiger partial charge in [-0.2, -0.15) is 0 Å². The number of aromatic nitrogens is 2. The highest BCUT2D eigenvalue weighted by atomic mass is 32.1. The molecule has 2 aromatic heterocycles. The molecule has 0 aliphatic carbocycles. The molecular weight excluding hydrogens is 208 g/mol. The first kappa shape index (κ1) is 10.3. The highest BCUT2D eigenvalue weighted by Gasteiger charge is 2.10. The Morgan fingerprint density at radius 3 is 2.87 bits per heavy atom. The number of thiazole rings is 1. The second-order valence-electron chi connectivity index (χ2n) is 3.45. The average Bonchev–Trinajstić information content (AvgIpc) is 2.71. The molecule has 3 nitrogen and oxygen atoms in total. The van der Waals surface area contributed by atoms with Crippen molar-refractivity contribution in [2.24, 2.45) is 0 Å². The zero-order valence-electron chi connectivity index (χ0n) is 8.42. The number of aryl methyl sites for hydroxylation is 1. The van der Waals surface area contributed by atoms with Crippen molar-refractivity contribution >= 4 is 11.3 Å². The van der Waals surface area contributed by atoms with Gasteiger partial charge in [0.05, 0.1) is 11.2 Å². The minimum absolute atomic E-state index is 0.536. The summed E-state index contributed by atoms with van der Waals surface area (Å²) in [4.78, 5) is 9.24. The fourth-order valence-electron chi connectivity index (χ4n) is 1.31. The van der Waals surface area contributed by atoms with Gasteiger partial charge in [-0.3, -0.25) is 9.97 Å². The Labute approximate surface area is 92.5 Å². The summed E-state index contributed by atoms with van der Waals surface area (Å²) in [6, 6.07) is 3.82. The SMILES string of the molecule is Cc1ccc(C(O)Cc2cncs2)nc1. The lowest BCUT2D eigenvalue weighted by atomic mass is 10.1. The number of aliphatic hydroxyl groups is 1. The zero-order valence-corrected chi connectivity index (χ0v) is 9.24. The van der Waals surface area contributed by atoms with Crippen LogP contribution in [-0.4, -0.2) is 15.1 Å². The van der Waals surface area contributed by atoms with Crippen LogP contribution in [0.1, 0.15) is 22.2 Å². The molecular formula is C11H12N2OS. The van der Waals surface area contributed by atoms with E-state index in [9.17, 15) is 5.11 Å². The second-order valence-corrected chi connectivity index (χ2v) is 4.42. The molecule has 0 radical (unpaired) electrons. The molecule has 2 aromatic rings.